The lowest BCUT2D eigenvalue weighted by atomic mass is 10.1. The smallest absolute Gasteiger partial charge is 0.288 e. The molecule has 1 amide bonds. The van der Waals surface area contributed by atoms with Crippen molar-refractivity contribution in [1.29, 1.82) is 0 Å². The van der Waals surface area contributed by atoms with Crippen molar-refractivity contribution >= 4 is 23.2 Å². The molecule has 102 valence electrons. The number of hydrogen-bond acceptors (Lipinski definition) is 3. The van der Waals surface area contributed by atoms with Gasteiger partial charge in [-0.2, -0.15) is 0 Å². The quantitative estimate of drug-likeness (QED) is 0.473. The van der Waals surface area contributed by atoms with Gasteiger partial charge in [-0.1, -0.05) is 29.8 Å². The molecule has 0 atom stereocenters. The van der Waals surface area contributed by atoms with E-state index in [0.29, 0.717) is 13.1 Å². The van der Waals surface area contributed by atoms with E-state index in [1.165, 1.54) is 23.1 Å². The Morgan fingerprint density at radius 3 is 2.63 bits per heavy atom. The Morgan fingerprint density at radius 2 is 2.16 bits per heavy atom. The third-order valence-electron chi connectivity index (χ3n) is 2.54. The fourth-order valence-electron chi connectivity index (χ4n) is 1.65. The van der Waals surface area contributed by atoms with Gasteiger partial charge in [-0.25, -0.2) is 0 Å². The molecular weight excluding hydrogens is 268 g/mol. The molecule has 0 spiro atoms. The molecule has 0 fully saturated rings. The van der Waals surface area contributed by atoms with Crippen molar-refractivity contribution in [3.05, 3.63) is 51.1 Å². The van der Waals surface area contributed by atoms with Crippen molar-refractivity contribution in [2.24, 2.45) is 0 Å². The molecule has 0 aliphatic heterocycles. The number of benzene rings is 1. The number of nitro groups is 1. The molecule has 0 saturated carbocycles. The van der Waals surface area contributed by atoms with E-state index in [1.807, 2.05) is 13.8 Å². The highest BCUT2D eigenvalue weighted by atomic mass is 35.5. The van der Waals surface area contributed by atoms with E-state index in [4.69, 9.17) is 11.6 Å². The summed E-state index contributed by atoms with van der Waals surface area (Å²) in [4.78, 5) is 24.0. The zero-order valence-corrected chi connectivity index (χ0v) is 11.6. The topological polar surface area (TPSA) is 63.5 Å². The first-order chi connectivity index (χ1) is 8.88. The number of nitrogens with zero attached hydrogens (tertiary/aromatic N) is 2. The van der Waals surface area contributed by atoms with Gasteiger partial charge in [-0.3, -0.25) is 14.9 Å². The summed E-state index contributed by atoms with van der Waals surface area (Å²) in [6.07, 6.45) is 0. The van der Waals surface area contributed by atoms with Crippen molar-refractivity contribution in [1.82, 2.24) is 4.90 Å². The lowest BCUT2D eigenvalue weighted by Crippen LogP contribution is -2.32. The van der Waals surface area contributed by atoms with Crippen molar-refractivity contribution < 1.29 is 9.72 Å². The number of likely N-dealkylation sites (N-methyl/N-ethyl adjacent to an activating group) is 1. The molecule has 19 heavy (non-hydrogen) atoms. The molecule has 0 heterocycles. The Hall–Kier alpha value is -1.88. The summed E-state index contributed by atoms with van der Waals surface area (Å²) < 4.78 is 0. The molecule has 0 aromatic heterocycles. The van der Waals surface area contributed by atoms with Crippen LogP contribution >= 0.6 is 11.6 Å². The number of halogens is 1. The summed E-state index contributed by atoms with van der Waals surface area (Å²) >= 11 is 5.92. The summed E-state index contributed by atoms with van der Waals surface area (Å²) in [6.45, 7) is 8.26. The van der Waals surface area contributed by atoms with E-state index in [9.17, 15) is 14.9 Å². The maximum absolute atomic E-state index is 12.3. The molecule has 0 N–H and O–H groups in total. The van der Waals surface area contributed by atoms with E-state index in [2.05, 4.69) is 6.58 Å². The van der Waals surface area contributed by atoms with Gasteiger partial charge in [0.2, 0.25) is 0 Å². The van der Waals surface area contributed by atoms with Gasteiger partial charge in [0.05, 0.1) is 10.5 Å². The maximum Gasteiger partial charge on any atom is 0.288 e. The van der Waals surface area contributed by atoms with E-state index in [0.717, 1.165) is 5.57 Å². The van der Waals surface area contributed by atoms with Crippen LogP contribution < -0.4 is 0 Å². The van der Waals surface area contributed by atoms with Gasteiger partial charge in [0.15, 0.2) is 0 Å². The Bertz CT molecular complexity index is 529. The number of amides is 1. The second-order valence-corrected chi connectivity index (χ2v) is 4.55. The van der Waals surface area contributed by atoms with Crippen LogP contribution in [-0.4, -0.2) is 28.8 Å². The molecule has 1 aromatic carbocycles. The molecule has 0 unspecified atom stereocenters. The van der Waals surface area contributed by atoms with E-state index in [1.54, 1.807) is 0 Å². The summed E-state index contributed by atoms with van der Waals surface area (Å²) in [5.41, 5.74) is 0.703. The van der Waals surface area contributed by atoms with Crippen molar-refractivity contribution in [2.45, 2.75) is 13.8 Å². The lowest BCUT2D eigenvalue weighted by molar-refractivity contribution is -0.384. The molecular formula is C13H15ClN2O3. The van der Waals surface area contributed by atoms with E-state index < -0.39 is 4.92 Å². The number of hydrogen-bond donors (Lipinski definition) is 0. The van der Waals surface area contributed by atoms with Crippen LogP contribution in [0.2, 0.25) is 5.02 Å². The van der Waals surface area contributed by atoms with Crippen LogP contribution in [0.25, 0.3) is 0 Å². The molecule has 0 radical (unpaired) electrons. The lowest BCUT2D eigenvalue weighted by Gasteiger charge is -2.21. The molecule has 1 rings (SSSR count). The highest BCUT2D eigenvalue weighted by Gasteiger charge is 2.23. The van der Waals surface area contributed by atoms with Crippen LogP contribution in [0.5, 0.6) is 0 Å². The van der Waals surface area contributed by atoms with Crippen LogP contribution in [0, 0.1) is 10.1 Å². The number of carbonyl (C=O) groups is 1. The highest BCUT2D eigenvalue weighted by molar-refractivity contribution is 6.35. The van der Waals surface area contributed by atoms with Gasteiger partial charge in [-0.05, 0) is 19.9 Å². The first-order valence-corrected chi connectivity index (χ1v) is 6.12. The molecule has 6 heteroatoms. The highest BCUT2D eigenvalue weighted by Crippen LogP contribution is 2.28. The minimum atomic E-state index is -0.603. The SMILES string of the molecule is C=C(C)CN(CC)C(=O)c1cccc([N+](=O)[O-])c1Cl. The Morgan fingerprint density at radius 1 is 1.53 bits per heavy atom. The summed E-state index contributed by atoms with van der Waals surface area (Å²) in [5.74, 6) is -0.334. The van der Waals surface area contributed by atoms with Crippen LogP contribution in [0.1, 0.15) is 24.2 Å². The second kappa shape index (κ2) is 6.33. The second-order valence-electron chi connectivity index (χ2n) is 4.17. The van der Waals surface area contributed by atoms with Gasteiger partial charge in [0, 0.05) is 19.2 Å². The maximum atomic E-state index is 12.3. The summed E-state index contributed by atoms with van der Waals surface area (Å²) in [5, 5.41) is 10.7. The van der Waals surface area contributed by atoms with Crippen molar-refractivity contribution in [2.75, 3.05) is 13.1 Å². The number of carbonyl (C=O) groups excluding carboxylic acids is 1. The predicted octanol–water partition coefficient (Wildman–Crippen LogP) is 3.29. The summed E-state index contributed by atoms with van der Waals surface area (Å²) in [6, 6.07) is 4.21. The Kier molecular flexibility index (Phi) is 5.06. The minimum absolute atomic E-state index is 0.127. The zero-order valence-electron chi connectivity index (χ0n) is 10.9. The van der Waals surface area contributed by atoms with Gasteiger partial charge < -0.3 is 4.90 Å². The fraction of sp³-hybridized carbons (Fsp3) is 0.308. The number of rotatable bonds is 5. The Labute approximate surface area is 116 Å². The molecule has 0 saturated heterocycles. The van der Waals surface area contributed by atoms with Gasteiger partial charge in [0.25, 0.3) is 11.6 Å². The third-order valence-corrected chi connectivity index (χ3v) is 2.93. The molecule has 5 nitrogen and oxygen atoms in total. The largest absolute Gasteiger partial charge is 0.335 e. The molecule has 0 aliphatic rings. The summed E-state index contributed by atoms with van der Waals surface area (Å²) in [7, 11) is 0. The van der Waals surface area contributed by atoms with Gasteiger partial charge in [0.1, 0.15) is 5.02 Å². The minimum Gasteiger partial charge on any atom is -0.335 e. The van der Waals surface area contributed by atoms with Gasteiger partial charge >= 0.3 is 0 Å². The van der Waals surface area contributed by atoms with Crippen molar-refractivity contribution in [3.63, 3.8) is 0 Å². The first kappa shape index (κ1) is 15.2. The molecule has 0 aliphatic carbocycles. The molecule has 1 aromatic rings. The number of nitro benzene ring substituents is 1. The van der Waals surface area contributed by atoms with E-state index in [-0.39, 0.29) is 22.2 Å². The normalized spacial score (nSPS) is 10.1. The fourth-order valence-corrected chi connectivity index (χ4v) is 1.93. The van der Waals surface area contributed by atoms with Gasteiger partial charge in [-0.15, -0.1) is 0 Å². The van der Waals surface area contributed by atoms with Crippen LogP contribution in [0.4, 0.5) is 5.69 Å². The monoisotopic (exact) mass is 282 g/mol. The third kappa shape index (κ3) is 3.54. The van der Waals surface area contributed by atoms with Crippen LogP contribution in [0.15, 0.2) is 30.4 Å². The molecule has 0 bridgehead atoms. The first-order valence-electron chi connectivity index (χ1n) is 5.75. The van der Waals surface area contributed by atoms with Crippen LogP contribution in [0.3, 0.4) is 0 Å². The standard InChI is InChI=1S/C13H15ClN2O3/c1-4-15(8-9(2)3)13(17)10-6-5-7-11(12(10)14)16(18)19/h5-7H,2,4,8H2,1,3H3. The van der Waals surface area contributed by atoms with E-state index >= 15 is 0 Å². The Balaban J connectivity index is 3.15. The average molecular weight is 283 g/mol. The van der Waals surface area contributed by atoms with Crippen molar-refractivity contribution in [3.8, 4) is 0 Å². The zero-order chi connectivity index (χ0) is 14.6. The average Bonchev–Trinajstić information content (AvgIpc) is 2.34. The van der Waals surface area contributed by atoms with Crippen LogP contribution in [-0.2, 0) is 0 Å². The predicted molar refractivity (Wildman–Crippen MR) is 74.5 cm³/mol.